The summed E-state index contributed by atoms with van der Waals surface area (Å²) in [7, 11) is 0. The number of hydroxylamine groups is 2. The van der Waals surface area contributed by atoms with E-state index < -0.39 is 0 Å². The number of nitrogens with one attached hydrogen (secondary N) is 1. The minimum absolute atomic E-state index is 0.433. The zero-order valence-corrected chi connectivity index (χ0v) is 13.5. The minimum atomic E-state index is 0.433. The molecule has 0 spiro atoms. The Hall–Kier alpha value is -0.0800. The third-order valence-electron chi connectivity index (χ3n) is 3.95. The van der Waals surface area contributed by atoms with Crippen LogP contribution in [0.4, 0.5) is 0 Å². The third kappa shape index (κ3) is 15.9. The zero-order valence-electron chi connectivity index (χ0n) is 13.5. The van der Waals surface area contributed by atoms with Crippen molar-refractivity contribution in [2.24, 2.45) is 0 Å². The third-order valence-corrected chi connectivity index (χ3v) is 3.95. The van der Waals surface area contributed by atoms with Gasteiger partial charge in [0.2, 0.25) is 0 Å². The second-order valence-electron chi connectivity index (χ2n) is 5.88. The zero-order chi connectivity index (χ0) is 14.2. The van der Waals surface area contributed by atoms with E-state index in [1.807, 2.05) is 6.92 Å². The van der Waals surface area contributed by atoms with Crippen LogP contribution in [0, 0.1) is 5.21 Å². The molecule has 0 bridgehead atoms. The van der Waals surface area contributed by atoms with Gasteiger partial charge in [-0.1, -0.05) is 77.6 Å². The van der Waals surface area contributed by atoms with E-state index in [1.54, 1.807) is 0 Å². The van der Waals surface area contributed by atoms with E-state index >= 15 is 0 Å². The van der Waals surface area contributed by atoms with E-state index in [4.69, 9.17) is 0 Å². The molecule has 0 saturated carbocycles. The first-order valence-corrected chi connectivity index (χ1v) is 8.83. The number of rotatable bonds is 15. The second kappa shape index (κ2) is 16.0. The summed E-state index contributed by atoms with van der Waals surface area (Å²) >= 11 is 0. The molecule has 2 heteroatoms. The van der Waals surface area contributed by atoms with Crippen LogP contribution in [0.15, 0.2) is 0 Å². The summed E-state index contributed by atoms with van der Waals surface area (Å²) in [6.07, 6.45) is 17.8. The normalized spacial score (nSPS) is 12.8. The van der Waals surface area contributed by atoms with Crippen molar-refractivity contribution in [3.05, 3.63) is 5.21 Å². The highest BCUT2D eigenvalue weighted by atomic mass is 16.5. The van der Waals surface area contributed by atoms with Gasteiger partial charge in [-0.15, -0.1) is 0 Å². The molecule has 1 atom stereocenters. The highest BCUT2D eigenvalue weighted by Gasteiger charge is 1.95. The average Bonchev–Trinajstić information content (AvgIpc) is 2.43. The van der Waals surface area contributed by atoms with Gasteiger partial charge in [0.05, 0.1) is 13.1 Å². The number of unbranched alkanes of at least 4 members (excludes halogenated alkanes) is 12. The molecule has 0 heterocycles. The number of hydrogen-bond donors (Lipinski definition) is 1. The standard InChI is InChI=1S/C17H37NO/c1-3-5-6-7-8-9-10-11-12-13-14-15-16-17-18(19)4-2/h18H,3-17H2,1-2H3. The molecular weight excluding hydrogens is 234 g/mol. The molecule has 1 N–H and O–H groups in total. The van der Waals surface area contributed by atoms with Gasteiger partial charge in [-0.05, 0) is 19.8 Å². The van der Waals surface area contributed by atoms with Crippen molar-refractivity contribution in [3.63, 3.8) is 0 Å². The summed E-state index contributed by atoms with van der Waals surface area (Å²) in [5.41, 5.74) is 0. The Bertz CT molecular complexity index is 161. The SMILES string of the molecule is CCCCCCCCCCCCCCC[NH+]([O-])CC. The Morgan fingerprint density at radius 3 is 1.32 bits per heavy atom. The molecule has 0 rings (SSSR count). The number of hydrogen-bond acceptors (Lipinski definition) is 1. The average molecular weight is 271 g/mol. The molecule has 0 aromatic carbocycles. The molecule has 0 fully saturated rings. The Balaban J connectivity index is 2.95. The van der Waals surface area contributed by atoms with Crippen LogP contribution in [0.5, 0.6) is 0 Å². The molecule has 0 aromatic heterocycles. The van der Waals surface area contributed by atoms with E-state index in [1.165, 1.54) is 77.0 Å². The van der Waals surface area contributed by atoms with E-state index in [-0.39, 0.29) is 0 Å². The fraction of sp³-hybridized carbons (Fsp3) is 1.00. The van der Waals surface area contributed by atoms with E-state index in [2.05, 4.69) is 6.92 Å². The van der Waals surface area contributed by atoms with Crippen LogP contribution in [0.2, 0.25) is 0 Å². The molecule has 0 radical (unpaired) electrons. The second-order valence-corrected chi connectivity index (χ2v) is 5.88. The molecule has 0 amide bonds. The summed E-state index contributed by atoms with van der Waals surface area (Å²) in [5.74, 6) is 0. The van der Waals surface area contributed by atoms with Gasteiger partial charge in [0, 0.05) is 0 Å². The summed E-state index contributed by atoms with van der Waals surface area (Å²) in [5, 5.41) is 11.5. The van der Waals surface area contributed by atoms with Crippen molar-refractivity contribution in [2.45, 2.75) is 97.3 Å². The van der Waals surface area contributed by atoms with Gasteiger partial charge < -0.3 is 10.3 Å². The fourth-order valence-electron chi connectivity index (χ4n) is 2.52. The van der Waals surface area contributed by atoms with Crippen LogP contribution in [-0.4, -0.2) is 13.1 Å². The smallest absolute Gasteiger partial charge is 0.0768 e. The summed E-state index contributed by atoms with van der Waals surface area (Å²) in [6.45, 7) is 5.77. The first kappa shape index (κ1) is 18.9. The maximum Gasteiger partial charge on any atom is 0.0768 e. The number of quaternary nitrogens is 1. The van der Waals surface area contributed by atoms with Gasteiger partial charge in [0.25, 0.3) is 0 Å². The predicted octanol–water partition coefficient (Wildman–Crippen LogP) is 4.48. The van der Waals surface area contributed by atoms with Crippen LogP contribution in [-0.2, 0) is 0 Å². The molecule has 0 saturated heterocycles. The molecule has 116 valence electrons. The lowest BCUT2D eigenvalue weighted by Crippen LogP contribution is -3.06. The summed E-state index contributed by atoms with van der Waals surface area (Å²) in [4.78, 5) is 0. The highest BCUT2D eigenvalue weighted by Crippen LogP contribution is 2.12. The van der Waals surface area contributed by atoms with Crippen LogP contribution in [0.3, 0.4) is 0 Å². The Labute approximate surface area is 121 Å². The van der Waals surface area contributed by atoms with Crippen molar-refractivity contribution in [1.82, 2.24) is 0 Å². The maximum atomic E-state index is 11.1. The van der Waals surface area contributed by atoms with Crippen molar-refractivity contribution in [3.8, 4) is 0 Å². The Morgan fingerprint density at radius 1 is 0.579 bits per heavy atom. The molecule has 0 aromatic rings. The topological polar surface area (TPSA) is 27.5 Å². The van der Waals surface area contributed by atoms with E-state index in [9.17, 15) is 5.21 Å². The van der Waals surface area contributed by atoms with Gasteiger partial charge in [0.15, 0.2) is 0 Å². The first-order valence-electron chi connectivity index (χ1n) is 8.83. The van der Waals surface area contributed by atoms with Crippen LogP contribution < -0.4 is 5.06 Å². The molecular formula is C17H37NO. The Kier molecular flexibility index (Phi) is 15.9. The van der Waals surface area contributed by atoms with Crippen LogP contribution in [0.1, 0.15) is 97.3 Å². The van der Waals surface area contributed by atoms with Gasteiger partial charge in [-0.2, -0.15) is 0 Å². The van der Waals surface area contributed by atoms with Crippen LogP contribution >= 0.6 is 0 Å². The lowest BCUT2D eigenvalue weighted by Gasteiger charge is -2.19. The molecule has 2 nitrogen and oxygen atoms in total. The van der Waals surface area contributed by atoms with Crippen molar-refractivity contribution < 1.29 is 5.06 Å². The van der Waals surface area contributed by atoms with Crippen LogP contribution in [0.25, 0.3) is 0 Å². The quantitative estimate of drug-likeness (QED) is 0.345. The van der Waals surface area contributed by atoms with E-state index in [0.29, 0.717) is 5.06 Å². The lowest BCUT2D eigenvalue weighted by atomic mass is 10.0. The fourth-order valence-corrected chi connectivity index (χ4v) is 2.52. The van der Waals surface area contributed by atoms with Gasteiger partial charge >= 0.3 is 0 Å². The Morgan fingerprint density at radius 2 is 0.947 bits per heavy atom. The molecule has 0 aliphatic rings. The summed E-state index contributed by atoms with van der Waals surface area (Å²) in [6, 6.07) is 0. The molecule has 1 unspecified atom stereocenters. The molecule has 0 aliphatic carbocycles. The van der Waals surface area contributed by atoms with Crippen molar-refractivity contribution in [1.29, 1.82) is 0 Å². The lowest BCUT2D eigenvalue weighted by molar-refractivity contribution is -0.846. The van der Waals surface area contributed by atoms with Gasteiger partial charge in [-0.25, -0.2) is 0 Å². The van der Waals surface area contributed by atoms with Gasteiger partial charge in [0.1, 0.15) is 0 Å². The molecule has 19 heavy (non-hydrogen) atoms. The highest BCUT2D eigenvalue weighted by molar-refractivity contribution is 4.48. The largest absolute Gasteiger partial charge is 0.634 e. The minimum Gasteiger partial charge on any atom is -0.634 e. The summed E-state index contributed by atoms with van der Waals surface area (Å²) < 4.78 is 0. The van der Waals surface area contributed by atoms with Gasteiger partial charge in [-0.3, -0.25) is 0 Å². The first-order chi connectivity index (χ1) is 9.31. The van der Waals surface area contributed by atoms with Crippen molar-refractivity contribution in [2.75, 3.05) is 13.1 Å². The van der Waals surface area contributed by atoms with Crippen molar-refractivity contribution >= 4 is 0 Å². The predicted molar refractivity (Wildman–Crippen MR) is 85.4 cm³/mol. The van der Waals surface area contributed by atoms with E-state index in [0.717, 1.165) is 19.5 Å². The molecule has 0 aliphatic heterocycles. The monoisotopic (exact) mass is 271 g/mol. The maximum absolute atomic E-state index is 11.1.